The first-order chi connectivity index (χ1) is 11.5. The predicted octanol–water partition coefficient (Wildman–Crippen LogP) is 1.37. The standard InChI is InChI=1S/C19H25N3O2/c1-12-5-6-13(2)14(8-12)10-20-15-9-17-19(24)21-7-3-4-16(21)18(23)22(17)11-15/h5-6,8,15-17,20H,3-4,7,9-11H2,1-2H3/t15-,16-,17-/m0/s1. The Balaban J connectivity index is 1.44. The Morgan fingerprint density at radius 2 is 1.92 bits per heavy atom. The molecule has 5 heteroatoms. The van der Waals surface area contributed by atoms with Crippen LogP contribution in [0.2, 0.25) is 0 Å². The fourth-order valence-electron chi connectivity index (χ4n) is 4.38. The van der Waals surface area contributed by atoms with Gasteiger partial charge in [-0.1, -0.05) is 23.8 Å². The lowest BCUT2D eigenvalue weighted by Gasteiger charge is -2.38. The van der Waals surface area contributed by atoms with E-state index in [4.69, 9.17) is 0 Å². The highest BCUT2D eigenvalue weighted by Crippen LogP contribution is 2.32. The van der Waals surface area contributed by atoms with Gasteiger partial charge in [-0.2, -0.15) is 0 Å². The highest BCUT2D eigenvalue weighted by Gasteiger charge is 2.51. The number of nitrogens with zero attached hydrogens (tertiary/aromatic N) is 2. The molecule has 4 rings (SSSR count). The largest absolute Gasteiger partial charge is 0.329 e. The van der Waals surface area contributed by atoms with E-state index in [1.807, 2.05) is 9.80 Å². The van der Waals surface area contributed by atoms with Crippen LogP contribution in [-0.4, -0.2) is 52.8 Å². The van der Waals surface area contributed by atoms with Crippen LogP contribution in [-0.2, 0) is 16.1 Å². The second-order valence-corrected chi connectivity index (χ2v) is 7.44. The molecule has 1 aromatic rings. The third-order valence-corrected chi connectivity index (χ3v) is 5.78. The van der Waals surface area contributed by atoms with Crippen molar-refractivity contribution in [2.24, 2.45) is 0 Å². The van der Waals surface area contributed by atoms with Crippen LogP contribution in [0.4, 0.5) is 0 Å². The Morgan fingerprint density at radius 1 is 1.12 bits per heavy atom. The molecule has 2 amide bonds. The van der Waals surface area contributed by atoms with Crippen molar-refractivity contribution in [3.8, 4) is 0 Å². The summed E-state index contributed by atoms with van der Waals surface area (Å²) in [6, 6.07) is 6.24. The quantitative estimate of drug-likeness (QED) is 0.912. The summed E-state index contributed by atoms with van der Waals surface area (Å²) in [5, 5.41) is 3.56. The Kier molecular flexibility index (Phi) is 3.83. The third-order valence-electron chi connectivity index (χ3n) is 5.78. The van der Waals surface area contributed by atoms with Gasteiger partial charge in [0.05, 0.1) is 0 Å². The number of hydrogen-bond donors (Lipinski definition) is 1. The molecule has 0 aliphatic carbocycles. The molecule has 3 fully saturated rings. The van der Waals surface area contributed by atoms with Gasteiger partial charge in [0.1, 0.15) is 12.1 Å². The number of aryl methyl sites for hydroxylation is 2. The Morgan fingerprint density at radius 3 is 2.75 bits per heavy atom. The van der Waals surface area contributed by atoms with Crippen molar-refractivity contribution in [1.82, 2.24) is 15.1 Å². The van der Waals surface area contributed by atoms with Crippen molar-refractivity contribution in [3.63, 3.8) is 0 Å². The molecular weight excluding hydrogens is 302 g/mol. The lowest BCUT2D eigenvalue weighted by molar-refractivity contribution is -0.156. The normalized spacial score (nSPS) is 29.2. The van der Waals surface area contributed by atoms with Crippen LogP contribution < -0.4 is 5.32 Å². The summed E-state index contributed by atoms with van der Waals surface area (Å²) in [6.45, 7) is 6.41. The Bertz CT molecular complexity index is 657. The molecule has 3 aliphatic rings. The van der Waals surface area contributed by atoms with Crippen LogP contribution in [0.3, 0.4) is 0 Å². The molecule has 3 aliphatic heterocycles. The maximum Gasteiger partial charge on any atom is 0.246 e. The van der Waals surface area contributed by atoms with Gasteiger partial charge in [-0.3, -0.25) is 9.59 Å². The molecule has 1 aromatic carbocycles. The van der Waals surface area contributed by atoms with Gasteiger partial charge in [0.25, 0.3) is 0 Å². The molecule has 0 bridgehead atoms. The van der Waals surface area contributed by atoms with Crippen LogP contribution in [0.25, 0.3) is 0 Å². The number of carbonyl (C=O) groups is 2. The van der Waals surface area contributed by atoms with Gasteiger partial charge in [-0.25, -0.2) is 0 Å². The third kappa shape index (κ3) is 2.51. The monoisotopic (exact) mass is 327 g/mol. The van der Waals surface area contributed by atoms with Crippen LogP contribution in [0.15, 0.2) is 18.2 Å². The molecule has 3 atom stereocenters. The number of nitrogens with one attached hydrogen (secondary N) is 1. The zero-order valence-corrected chi connectivity index (χ0v) is 14.4. The average Bonchev–Trinajstić information content (AvgIpc) is 3.21. The van der Waals surface area contributed by atoms with Gasteiger partial charge in [0.2, 0.25) is 11.8 Å². The zero-order chi connectivity index (χ0) is 16.8. The fraction of sp³-hybridized carbons (Fsp3) is 0.579. The fourth-order valence-corrected chi connectivity index (χ4v) is 4.38. The molecule has 1 N–H and O–H groups in total. The Labute approximate surface area is 143 Å². The average molecular weight is 327 g/mol. The highest BCUT2D eigenvalue weighted by atomic mass is 16.2. The number of amides is 2. The molecule has 128 valence electrons. The summed E-state index contributed by atoms with van der Waals surface area (Å²) in [5.74, 6) is 0.321. The second kappa shape index (κ2) is 5.88. The maximum atomic E-state index is 12.7. The first-order valence-corrected chi connectivity index (χ1v) is 8.95. The maximum absolute atomic E-state index is 12.7. The zero-order valence-electron chi connectivity index (χ0n) is 14.4. The van der Waals surface area contributed by atoms with Crippen molar-refractivity contribution < 1.29 is 9.59 Å². The first kappa shape index (κ1) is 15.6. The predicted molar refractivity (Wildman–Crippen MR) is 91.4 cm³/mol. The van der Waals surface area contributed by atoms with Gasteiger partial charge < -0.3 is 15.1 Å². The summed E-state index contributed by atoms with van der Waals surface area (Å²) in [7, 11) is 0. The minimum Gasteiger partial charge on any atom is -0.329 e. The van der Waals surface area contributed by atoms with E-state index in [1.54, 1.807) is 0 Å². The number of rotatable bonds is 3. The number of benzene rings is 1. The van der Waals surface area contributed by atoms with Gasteiger partial charge in [0, 0.05) is 25.7 Å². The van der Waals surface area contributed by atoms with E-state index in [1.165, 1.54) is 16.7 Å². The van der Waals surface area contributed by atoms with E-state index in [9.17, 15) is 9.59 Å². The topological polar surface area (TPSA) is 52.7 Å². The van der Waals surface area contributed by atoms with Crippen molar-refractivity contribution in [3.05, 3.63) is 34.9 Å². The van der Waals surface area contributed by atoms with Crippen molar-refractivity contribution in [2.75, 3.05) is 13.1 Å². The lowest BCUT2D eigenvalue weighted by Crippen LogP contribution is -2.60. The lowest BCUT2D eigenvalue weighted by atomic mass is 10.0. The van der Waals surface area contributed by atoms with Gasteiger partial charge in [-0.05, 0) is 44.2 Å². The van der Waals surface area contributed by atoms with E-state index < -0.39 is 0 Å². The molecule has 0 aromatic heterocycles. The second-order valence-electron chi connectivity index (χ2n) is 7.44. The van der Waals surface area contributed by atoms with E-state index in [-0.39, 0.29) is 29.9 Å². The first-order valence-electron chi connectivity index (χ1n) is 8.95. The minimum atomic E-state index is -0.247. The van der Waals surface area contributed by atoms with Gasteiger partial charge in [-0.15, -0.1) is 0 Å². The molecule has 24 heavy (non-hydrogen) atoms. The van der Waals surface area contributed by atoms with E-state index in [0.717, 1.165) is 32.4 Å². The number of carbonyl (C=O) groups excluding carboxylic acids is 2. The van der Waals surface area contributed by atoms with Crippen molar-refractivity contribution in [1.29, 1.82) is 0 Å². The molecule has 0 saturated carbocycles. The molecule has 0 radical (unpaired) electrons. The van der Waals surface area contributed by atoms with Crippen LogP contribution >= 0.6 is 0 Å². The summed E-state index contributed by atoms with van der Waals surface area (Å²) in [6.07, 6.45) is 2.52. The van der Waals surface area contributed by atoms with Crippen molar-refractivity contribution >= 4 is 11.8 Å². The van der Waals surface area contributed by atoms with E-state index in [2.05, 4.69) is 37.4 Å². The molecule has 3 heterocycles. The van der Waals surface area contributed by atoms with E-state index in [0.29, 0.717) is 6.54 Å². The smallest absolute Gasteiger partial charge is 0.246 e. The number of hydrogen-bond acceptors (Lipinski definition) is 3. The summed E-state index contributed by atoms with van der Waals surface area (Å²) >= 11 is 0. The summed E-state index contributed by atoms with van der Waals surface area (Å²) < 4.78 is 0. The molecular formula is C19H25N3O2. The number of fused-ring (bicyclic) bond motifs is 2. The Hall–Kier alpha value is -1.88. The van der Waals surface area contributed by atoms with Crippen molar-refractivity contribution in [2.45, 2.75) is 57.8 Å². The molecule has 0 spiro atoms. The van der Waals surface area contributed by atoms with E-state index >= 15 is 0 Å². The minimum absolute atomic E-state index is 0.160. The summed E-state index contributed by atoms with van der Waals surface area (Å²) in [5.41, 5.74) is 3.82. The highest BCUT2D eigenvalue weighted by molar-refractivity contribution is 5.98. The molecule has 0 unspecified atom stereocenters. The van der Waals surface area contributed by atoms with Gasteiger partial charge >= 0.3 is 0 Å². The van der Waals surface area contributed by atoms with Crippen LogP contribution in [0.1, 0.15) is 36.0 Å². The molecule has 3 saturated heterocycles. The SMILES string of the molecule is Cc1ccc(C)c(CN[C@H]2C[C@H]3C(=O)N4CCC[C@H]4C(=O)N3C2)c1. The molecule has 5 nitrogen and oxygen atoms in total. The van der Waals surface area contributed by atoms with Crippen LogP contribution in [0.5, 0.6) is 0 Å². The van der Waals surface area contributed by atoms with Crippen LogP contribution in [0, 0.1) is 13.8 Å². The summed E-state index contributed by atoms with van der Waals surface area (Å²) in [4.78, 5) is 29.0. The van der Waals surface area contributed by atoms with Gasteiger partial charge in [0.15, 0.2) is 0 Å². The number of piperazine rings is 1.